The molecule has 1 aromatic carbocycles. The third kappa shape index (κ3) is 2.09. The molecule has 0 unspecified atom stereocenters. The van der Waals surface area contributed by atoms with Crippen LogP contribution < -0.4 is 5.73 Å². The van der Waals surface area contributed by atoms with Gasteiger partial charge in [0.2, 0.25) is 0 Å². The number of benzene rings is 1. The van der Waals surface area contributed by atoms with Crippen molar-refractivity contribution in [1.29, 1.82) is 5.26 Å². The van der Waals surface area contributed by atoms with E-state index >= 15 is 0 Å². The Morgan fingerprint density at radius 2 is 2.11 bits per heavy atom. The molecule has 0 spiro atoms. The molecule has 0 bridgehead atoms. The van der Waals surface area contributed by atoms with Gasteiger partial charge in [-0.2, -0.15) is 5.26 Å². The largest absolute Gasteiger partial charge is 0.507 e. The van der Waals surface area contributed by atoms with E-state index in [2.05, 4.69) is 10.2 Å². The lowest BCUT2D eigenvalue weighted by molar-refractivity contribution is 0.477. The summed E-state index contributed by atoms with van der Waals surface area (Å²) >= 11 is 0. The molecule has 0 aliphatic rings. The molecule has 1 heterocycles. The predicted octanol–water partition coefficient (Wildman–Crippen LogP) is 1.87. The van der Waals surface area contributed by atoms with Crippen LogP contribution in [0.1, 0.15) is 18.1 Å². The Morgan fingerprint density at radius 1 is 1.33 bits per heavy atom. The van der Waals surface area contributed by atoms with Crippen molar-refractivity contribution in [3.05, 3.63) is 35.4 Å². The number of nitriles is 1. The number of aromatic hydroxyl groups is 1. The number of nitrogen functional groups attached to an aromatic ring is 1. The Labute approximate surface area is 105 Å². The predicted molar refractivity (Wildman–Crippen MR) is 67.6 cm³/mol. The van der Waals surface area contributed by atoms with Crippen molar-refractivity contribution in [2.45, 2.75) is 13.3 Å². The minimum absolute atomic E-state index is 0.0165. The Morgan fingerprint density at radius 3 is 2.72 bits per heavy atom. The Balaban J connectivity index is 2.59. The lowest BCUT2D eigenvalue weighted by Crippen LogP contribution is -1.99. The van der Waals surface area contributed by atoms with E-state index in [1.165, 1.54) is 6.07 Å². The number of nitrogens with two attached hydrogens (primary N) is 1. The molecule has 0 atom stereocenters. The summed E-state index contributed by atoms with van der Waals surface area (Å²) in [5, 5.41) is 26.5. The first kappa shape index (κ1) is 11.9. The van der Waals surface area contributed by atoms with Crippen molar-refractivity contribution < 1.29 is 5.11 Å². The summed E-state index contributed by atoms with van der Waals surface area (Å²) in [5.41, 5.74) is 8.04. The van der Waals surface area contributed by atoms with Gasteiger partial charge in [-0.1, -0.05) is 6.92 Å². The van der Waals surface area contributed by atoms with E-state index in [0.29, 0.717) is 22.6 Å². The fourth-order valence-electron chi connectivity index (χ4n) is 1.75. The van der Waals surface area contributed by atoms with Crippen LogP contribution in [0.15, 0.2) is 24.3 Å². The number of aryl methyl sites for hydroxylation is 1. The zero-order valence-electron chi connectivity index (χ0n) is 9.88. The second kappa shape index (κ2) is 4.72. The van der Waals surface area contributed by atoms with E-state index in [9.17, 15) is 5.11 Å². The Kier molecular flexibility index (Phi) is 3.11. The highest BCUT2D eigenvalue weighted by molar-refractivity contribution is 5.71. The highest BCUT2D eigenvalue weighted by Crippen LogP contribution is 2.31. The van der Waals surface area contributed by atoms with Crippen LogP contribution in [0, 0.1) is 11.3 Å². The molecule has 0 saturated heterocycles. The smallest absolute Gasteiger partial charge is 0.146 e. The van der Waals surface area contributed by atoms with Crippen LogP contribution in [-0.2, 0) is 6.42 Å². The van der Waals surface area contributed by atoms with Crippen LogP contribution in [0.5, 0.6) is 5.75 Å². The Hall–Kier alpha value is -2.61. The molecular formula is C13H12N4O. The van der Waals surface area contributed by atoms with Crippen LogP contribution in [0.2, 0.25) is 0 Å². The number of phenols is 1. The lowest BCUT2D eigenvalue weighted by Gasteiger charge is -2.08. The summed E-state index contributed by atoms with van der Waals surface area (Å²) in [7, 11) is 0. The van der Waals surface area contributed by atoms with Gasteiger partial charge in [0.1, 0.15) is 11.6 Å². The number of aromatic nitrogens is 2. The number of phenolic OH excluding ortho intramolecular Hbond substituents is 1. The van der Waals surface area contributed by atoms with E-state index in [1.807, 2.05) is 13.0 Å². The summed E-state index contributed by atoms with van der Waals surface area (Å²) in [4.78, 5) is 0. The molecule has 0 aliphatic carbocycles. The van der Waals surface area contributed by atoms with Crippen LogP contribution in [-0.4, -0.2) is 15.3 Å². The fourth-order valence-corrected chi connectivity index (χ4v) is 1.75. The van der Waals surface area contributed by atoms with Gasteiger partial charge in [-0.25, -0.2) is 0 Å². The van der Waals surface area contributed by atoms with Gasteiger partial charge >= 0.3 is 0 Å². The molecular weight excluding hydrogens is 228 g/mol. The van der Waals surface area contributed by atoms with Crippen molar-refractivity contribution in [1.82, 2.24) is 10.2 Å². The second-order valence-corrected chi connectivity index (χ2v) is 3.84. The van der Waals surface area contributed by atoms with Crippen LogP contribution >= 0.6 is 0 Å². The molecule has 0 radical (unpaired) electrons. The van der Waals surface area contributed by atoms with Gasteiger partial charge in [-0.05, 0) is 36.2 Å². The van der Waals surface area contributed by atoms with Crippen molar-refractivity contribution in [3.63, 3.8) is 0 Å². The second-order valence-electron chi connectivity index (χ2n) is 3.84. The molecule has 0 fully saturated rings. The average molecular weight is 240 g/mol. The molecule has 3 N–H and O–H groups in total. The van der Waals surface area contributed by atoms with Gasteiger partial charge in [0.25, 0.3) is 0 Å². The molecule has 0 aliphatic heterocycles. The van der Waals surface area contributed by atoms with Gasteiger partial charge < -0.3 is 10.8 Å². The molecule has 1 aromatic heterocycles. The highest BCUT2D eigenvalue weighted by atomic mass is 16.3. The lowest BCUT2D eigenvalue weighted by atomic mass is 10.0. The zero-order valence-corrected chi connectivity index (χ0v) is 9.88. The summed E-state index contributed by atoms with van der Waals surface area (Å²) in [6, 6.07) is 8.41. The minimum atomic E-state index is 0.0165. The maximum Gasteiger partial charge on any atom is 0.146 e. The summed E-state index contributed by atoms with van der Waals surface area (Å²) in [5.74, 6) is 0.367. The third-order valence-corrected chi connectivity index (χ3v) is 2.65. The standard InChI is InChI=1S/C13H12N4O/c1-2-9-6-12(15)16-17-13(9)10-4-3-8(7-14)5-11(10)18/h3-6,18H,2H2,1H3,(H2,15,16). The van der Waals surface area contributed by atoms with E-state index in [0.717, 1.165) is 12.0 Å². The van der Waals surface area contributed by atoms with E-state index < -0.39 is 0 Å². The molecule has 5 nitrogen and oxygen atoms in total. The van der Waals surface area contributed by atoms with Gasteiger partial charge in [0, 0.05) is 5.56 Å². The van der Waals surface area contributed by atoms with Gasteiger partial charge in [-0.15, -0.1) is 10.2 Å². The third-order valence-electron chi connectivity index (χ3n) is 2.65. The van der Waals surface area contributed by atoms with E-state index in [1.54, 1.807) is 18.2 Å². The highest BCUT2D eigenvalue weighted by Gasteiger charge is 2.12. The molecule has 18 heavy (non-hydrogen) atoms. The van der Waals surface area contributed by atoms with Crippen LogP contribution in [0.25, 0.3) is 11.3 Å². The first-order valence-electron chi connectivity index (χ1n) is 5.51. The van der Waals surface area contributed by atoms with E-state index in [4.69, 9.17) is 11.0 Å². The molecule has 5 heteroatoms. The molecule has 2 rings (SSSR count). The normalized spacial score (nSPS) is 10.0. The number of anilines is 1. The van der Waals surface area contributed by atoms with Gasteiger partial charge in [0.05, 0.1) is 17.3 Å². The number of hydrogen-bond acceptors (Lipinski definition) is 5. The number of nitrogens with zero attached hydrogens (tertiary/aromatic N) is 3. The van der Waals surface area contributed by atoms with Crippen molar-refractivity contribution in [2.24, 2.45) is 0 Å². The van der Waals surface area contributed by atoms with Gasteiger partial charge in [-0.3, -0.25) is 0 Å². The van der Waals surface area contributed by atoms with Crippen molar-refractivity contribution in [3.8, 4) is 23.1 Å². The van der Waals surface area contributed by atoms with Crippen LogP contribution in [0.4, 0.5) is 5.82 Å². The molecule has 0 saturated carbocycles. The van der Waals surface area contributed by atoms with Crippen molar-refractivity contribution >= 4 is 5.82 Å². The van der Waals surface area contributed by atoms with Crippen LogP contribution in [0.3, 0.4) is 0 Å². The topological polar surface area (TPSA) is 95.8 Å². The molecule has 2 aromatic rings. The summed E-state index contributed by atoms with van der Waals surface area (Å²) in [6.07, 6.45) is 0.731. The summed E-state index contributed by atoms with van der Waals surface area (Å²) < 4.78 is 0. The monoisotopic (exact) mass is 240 g/mol. The Bertz CT molecular complexity index is 631. The first-order valence-corrected chi connectivity index (χ1v) is 5.51. The summed E-state index contributed by atoms with van der Waals surface area (Å²) in [6.45, 7) is 1.97. The quantitative estimate of drug-likeness (QED) is 0.835. The van der Waals surface area contributed by atoms with Gasteiger partial charge in [0.15, 0.2) is 0 Å². The van der Waals surface area contributed by atoms with Crippen molar-refractivity contribution in [2.75, 3.05) is 5.73 Å². The average Bonchev–Trinajstić information content (AvgIpc) is 2.39. The fraction of sp³-hybridized carbons (Fsp3) is 0.154. The maximum atomic E-state index is 9.92. The molecule has 90 valence electrons. The SMILES string of the molecule is CCc1cc(N)nnc1-c1ccc(C#N)cc1O. The first-order chi connectivity index (χ1) is 8.65. The maximum absolute atomic E-state index is 9.92. The number of rotatable bonds is 2. The zero-order chi connectivity index (χ0) is 13.1. The van der Waals surface area contributed by atoms with E-state index in [-0.39, 0.29) is 5.75 Å². The minimum Gasteiger partial charge on any atom is -0.507 e. The molecule has 0 amide bonds. The number of hydrogen-bond donors (Lipinski definition) is 2.